The highest BCUT2D eigenvalue weighted by atomic mass is 79.9. The largest absolute Gasteiger partial charge is 0.197 e. The van der Waals surface area contributed by atoms with Crippen molar-refractivity contribution in [3.05, 3.63) is 70.2 Å². The van der Waals surface area contributed by atoms with Gasteiger partial charge in [-0.25, -0.2) is 0 Å². The van der Waals surface area contributed by atoms with Gasteiger partial charge in [-0.05, 0) is 17.2 Å². The molecule has 3 heteroatoms. The van der Waals surface area contributed by atoms with Gasteiger partial charge in [0, 0.05) is 10.4 Å². The van der Waals surface area contributed by atoms with E-state index in [9.17, 15) is 10.5 Å². The summed E-state index contributed by atoms with van der Waals surface area (Å²) in [6.45, 7) is 0. The third kappa shape index (κ3) is 2.84. The molecule has 0 aliphatic heterocycles. The molecule has 0 saturated carbocycles. The maximum atomic E-state index is 9.22. The lowest BCUT2D eigenvalue weighted by Crippen LogP contribution is -2.12. The number of nitriles is 2. The summed E-state index contributed by atoms with van der Waals surface area (Å²) in [5, 5.41) is 18.4. The summed E-state index contributed by atoms with van der Waals surface area (Å²) in [6.07, 6.45) is 0. The van der Waals surface area contributed by atoms with Gasteiger partial charge in [0.1, 0.15) is 5.92 Å². The fourth-order valence-corrected chi connectivity index (χ4v) is 2.65. The van der Waals surface area contributed by atoms with Crippen LogP contribution in [0, 0.1) is 28.6 Å². The van der Waals surface area contributed by atoms with Crippen LogP contribution in [0.4, 0.5) is 0 Å². The number of nitrogens with zero attached hydrogens (tertiary/aromatic N) is 2. The zero-order valence-electron chi connectivity index (χ0n) is 10.1. The molecule has 0 heterocycles. The van der Waals surface area contributed by atoms with E-state index in [1.54, 1.807) is 0 Å². The summed E-state index contributed by atoms with van der Waals surface area (Å²) in [6, 6.07) is 21.6. The van der Waals surface area contributed by atoms with Gasteiger partial charge in [0.15, 0.2) is 0 Å². The number of halogens is 1. The quantitative estimate of drug-likeness (QED) is 0.851. The summed E-state index contributed by atoms with van der Waals surface area (Å²) in [5.41, 5.74) is 1.93. The molecule has 0 aliphatic carbocycles. The molecular weight excluding hydrogens is 300 g/mol. The maximum Gasteiger partial charge on any atom is 0.144 e. The highest BCUT2D eigenvalue weighted by molar-refractivity contribution is 9.10. The number of rotatable bonds is 3. The third-order valence-electron chi connectivity index (χ3n) is 3.01. The Balaban J connectivity index is 2.57. The minimum absolute atomic E-state index is 0.244. The van der Waals surface area contributed by atoms with E-state index in [-0.39, 0.29) is 5.92 Å². The van der Waals surface area contributed by atoms with Gasteiger partial charge >= 0.3 is 0 Å². The van der Waals surface area contributed by atoms with E-state index in [4.69, 9.17) is 0 Å². The van der Waals surface area contributed by atoms with Crippen LogP contribution in [0.3, 0.4) is 0 Å². The van der Waals surface area contributed by atoms with Crippen LogP contribution in [0.15, 0.2) is 59.1 Å². The molecular formula is C16H11BrN2. The zero-order valence-corrected chi connectivity index (χ0v) is 11.7. The molecule has 0 aromatic heterocycles. The average Bonchev–Trinajstić information content (AvgIpc) is 2.47. The van der Waals surface area contributed by atoms with Gasteiger partial charge in [0.25, 0.3) is 0 Å². The van der Waals surface area contributed by atoms with Crippen LogP contribution >= 0.6 is 15.9 Å². The van der Waals surface area contributed by atoms with E-state index in [0.29, 0.717) is 0 Å². The van der Waals surface area contributed by atoms with Crippen LogP contribution in [-0.2, 0) is 0 Å². The van der Waals surface area contributed by atoms with Crippen LogP contribution in [0.1, 0.15) is 17.0 Å². The van der Waals surface area contributed by atoms with E-state index < -0.39 is 5.92 Å². The highest BCUT2D eigenvalue weighted by Crippen LogP contribution is 2.35. The molecule has 0 fully saturated rings. The van der Waals surface area contributed by atoms with E-state index in [1.807, 2.05) is 54.6 Å². The molecule has 0 amide bonds. The molecule has 2 aromatic rings. The van der Waals surface area contributed by atoms with Crippen molar-refractivity contribution >= 4 is 15.9 Å². The molecule has 0 N–H and O–H groups in total. The standard InChI is InChI=1S/C16H11BrN2/c17-15-9-5-4-8-14(15)16(13(10-18)11-19)12-6-2-1-3-7-12/h1-9,13,16H. The molecule has 1 atom stereocenters. The van der Waals surface area contributed by atoms with Crippen LogP contribution in [0.5, 0.6) is 0 Å². The molecule has 92 valence electrons. The highest BCUT2D eigenvalue weighted by Gasteiger charge is 2.26. The Kier molecular flexibility index (Phi) is 4.34. The van der Waals surface area contributed by atoms with E-state index in [0.717, 1.165) is 15.6 Å². The van der Waals surface area contributed by atoms with Gasteiger partial charge < -0.3 is 0 Å². The SMILES string of the molecule is N#CC(C#N)C(c1ccccc1)c1ccccc1Br. The molecule has 0 aliphatic rings. The van der Waals surface area contributed by atoms with Crippen LogP contribution in [-0.4, -0.2) is 0 Å². The minimum atomic E-state index is -0.707. The topological polar surface area (TPSA) is 47.6 Å². The number of benzene rings is 2. The van der Waals surface area contributed by atoms with Gasteiger partial charge in [0.05, 0.1) is 12.1 Å². The van der Waals surface area contributed by atoms with Crippen LogP contribution in [0.25, 0.3) is 0 Å². The lowest BCUT2D eigenvalue weighted by atomic mass is 9.82. The van der Waals surface area contributed by atoms with Crippen molar-refractivity contribution in [1.82, 2.24) is 0 Å². The maximum absolute atomic E-state index is 9.22. The first kappa shape index (κ1) is 13.3. The second kappa shape index (κ2) is 6.18. The summed E-state index contributed by atoms with van der Waals surface area (Å²) < 4.78 is 0.916. The summed E-state index contributed by atoms with van der Waals surface area (Å²) in [7, 11) is 0. The Hall–Kier alpha value is -2.10. The molecule has 0 spiro atoms. The van der Waals surface area contributed by atoms with Crippen molar-refractivity contribution in [2.75, 3.05) is 0 Å². The Morgan fingerprint density at radius 3 is 2.00 bits per heavy atom. The lowest BCUT2D eigenvalue weighted by molar-refractivity contribution is 0.706. The second-order valence-electron chi connectivity index (χ2n) is 4.15. The summed E-state index contributed by atoms with van der Waals surface area (Å²) in [5.74, 6) is -0.951. The molecule has 2 aromatic carbocycles. The first-order valence-electron chi connectivity index (χ1n) is 5.86. The third-order valence-corrected chi connectivity index (χ3v) is 3.73. The second-order valence-corrected chi connectivity index (χ2v) is 5.00. The zero-order chi connectivity index (χ0) is 13.7. The molecule has 19 heavy (non-hydrogen) atoms. The Morgan fingerprint density at radius 2 is 1.42 bits per heavy atom. The molecule has 0 bridgehead atoms. The summed E-state index contributed by atoms with van der Waals surface area (Å²) >= 11 is 3.50. The Bertz CT molecular complexity index is 624. The molecule has 0 radical (unpaired) electrons. The molecule has 2 rings (SSSR count). The number of hydrogen-bond donors (Lipinski definition) is 0. The van der Waals surface area contributed by atoms with Gasteiger partial charge in [-0.1, -0.05) is 64.5 Å². The van der Waals surface area contributed by atoms with Crippen molar-refractivity contribution < 1.29 is 0 Å². The van der Waals surface area contributed by atoms with Crippen molar-refractivity contribution in [3.8, 4) is 12.1 Å². The normalized spacial score (nSPS) is 11.6. The molecule has 2 nitrogen and oxygen atoms in total. The van der Waals surface area contributed by atoms with Crippen LogP contribution in [0.2, 0.25) is 0 Å². The fourth-order valence-electron chi connectivity index (χ4n) is 2.12. The smallest absolute Gasteiger partial charge is 0.144 e. The van der Waals surface area contributed by atoms with Crippen molar-refractivity contribution in [2.24, 2.45) is 5.92 Å². The van der Waals surface area contributed by atoms with E-state index >= 15 is 0 Å². The minimum Gasteiger partial charge on any atom is -0.197 e. The Morgan fingerprint density at radius 1 is 0.842 bits per heavy atom. The fraction of sp³-hybridized carbons (Fsp3) is 0.125. The van der Waals surface area contributed by atoms with Crippen molar-refractivity contribution in [2.45, 2.75) is 5.92 Å². The predicted molar refractivity (Wildman–Crippen MR) is 77.1 cm³/mol. The molecule has 1 unspecified atom stereocenters. The predicted octanol–water partition coefficient (Wildman–Crippen LogP) is 4.24. The van der Waals surface area contributed by atoms with Gasteiger partial charge in [0.2, 0.25) is 0 Å². The van der Waals surface area contributed by atoms with E-state index in [1.165, 1.54) is 0 Å². The monoisotopic (exact) mass is 310 g/mol. The summed E-state index contributed by atoms with van der Waals surface area (Å²) in [4.78, 5) is 0. The lowest BCUT2D eigenvalue weighted by Gasteiger charge is -2.19. The average molecular weight is 311 g/mol. The van der Waals surface area contributed by atoms with Gasteiger partial charge in [-0.2, -0.15) is 10.5 Å². The Labute approximate surface area is 121 Å². The van der Waals surface area contributed by atoms with Gasteiger partial charge in [-0.3, -0.25) is 0 Å². The van der Waals surface area contributed by atoms with E-state index in [2.05, 4.69) is 28.1 Å². The van der Waals surface area contributed by atoms with Gasteiger partial charge in [-0.15, -0.1) is 0 Å². The number of hydrogen-bond acceptors (Lipinski definition) is 2. The van der Waals surface area contributed by atoms with Crippen molar-refractivity contribution in [3.63, 3.8) is 0 Å². The van der Waals surface area contributed by atoms with Crippen molar-refractivity contribution in [1.29, 1.82) is 10.5 Å². The molecule has 0 saturated heterocycles. The first-order valence-corrected chi connectivity index (χ1v) is 6.66. The first-order chi connectivity index (χ1) is 9.27. The van der Waals surface area contributed by atoms with Crippen LogP contribution < -0.4 is 0 Å².